The minimum Gasteiger partial charge on any atom is -0.481 e. The number of fused-ring (bicyclic) bond motifs is 1. The number of carboxylic acid groups (broad SMARTS) is 1. The first kappa shape index (κ1) is 13.0. The molecule has 1 aromatic heterocycles. The van der Waals surface area contributed by atoms with E-state index in [4.69, 9.17) is 5.11 Å². The van der Waals surface area contributed by atoms with Gasteiger partial charge in [-0.25, -0.2) is 0 Å². The van der Waals surface area contributed by atoms with Crippen molar-refractivity contribution < 1.29 is 14.7 Å². The monoisotopic (exact) mass is 258 g/mol. The number of nitrogens with zero attached hydrogens (tertiary/aromatic N) is 1. The molecule has 5 heteroatoms. The number of pyridine rings is 1. The van der Waals surface area contributed by atoms with Gasteiger partial charge in [0, 0.05) is 30.3 Å². The highest BCUT2D eigenvalue weighted by atomic mass is 16.4. The van der Waals surface area contributed by atoms with Crippen LogP contribution in [0.3, 0.4) is 0 Å². The van der Waals surface area contributed by atoms with Gasteiger partial charge in [-0.05, 0) is 5.39 Å². The number of nitrogens with one attached hydrogen (secondary N) is 1. The zero-order valence-electron chi connectivity index (χ0n) is 10.5. The Balaban J connectivity index is 2.48. The lowest BCUT2D eigenvalue weighted by Gasteiger charge is -2.17. The molecule has 0 bridgehead atoms. The molecule has 19 heavy (non-hydrogen) atoms. The molecule has 0 saturated carbocycles. The van der Waals surface area contributed by atoms with E-state index in [0.717, 1.165) is 16.3 Å². The molecule has 1 aromatic carbocycles. The molecule has 0 unspecified atom stereocenters. The van der Waals surface area contributed by atoms with E-state index in [2.05, 4.69) is 10.3 Å². The minimum absolute atomic E-state index is 0.171. The first-order valence-corrected chi connectivity index (χ1v) is 5.89. The third-order valence-corrected chi connectivity index (χ3v) is 2.83. The van der Waals surface area contributed by atoms with Gasteiger partial charge in [0.25, 0.3) is 0 Å². The van der Waals surface area contributed by atoms with Crippen molar-refractivity contribution in [3.8, 4) is 0 Å². The molecule has 0 aliphatic carbocycles. The van der Waals surface area contributed by atoms with Gasteiger partial charge < -0.3 is 10.4 Å². The van der Waals surface area contributed by atoms with Crippen LogP contribution >= 0.6 is 0 Å². The number of amides is 1. The first-order valence-electron chi connectivity index (χ1n) is 5.89. The molecule has 1 atom stereocenters. The quantitative estimate of drug-likeness (QED) is 0.877. The van der Waals surface area contributed by atoms with E-state index < -0.39 is 12.0 Å². The maximum atomic E-state index is 11.2. The Bertz CT molecular complexity index is 604. The van der Waals surface area contributed by atoms with Crippen LogP contribution in [0.1, 0.15) is 24.9 Å². The third-order valence-electron chi connectivity index (χ3n) is 2.83. The molecular formula is C14H14N2O3. The van der Waals surface area contributed by atoms with Gasteiger partial charge in [-0.2, -0.15) is 0 Å². The van der Waals surface area contributed by atoms with Gasteiger partial charge in [0.15, 0.2) is 0 Å². The molecule has 0 saturated heterocycles. The summed E-state index contributed by atoms with van der Waals surface area (Å²) in [5.41, 5.74) is 0.718. The standard InChI is InChI=1S/C14H14N2O3/c1-9(17)16-13(6-14(18)19)12-8-15-7-10-4-2-3-5-11(10)12/h2-5,7-8,13H,6H2,1H3,(H,16,17)(H,18,19)/t13-/m1/s1. The summed E-state index contributed by atoms with van der Waals surface area (Å²) in [5.74, 6) is -1.23. The topological polar surface area (TPSA) is 79.3 Å². The molecule has 98 valence electrons. The van der Waals surface area contributed by atoms with E-state index in [1.165, 1.54) is 6.92 Å². The van der Waals surface area contributed by atoms with Gasteiger partial charge in [-0.1, -0.05) is 24.3 Å². The summed E-state index contributed by atoms with van der Waals surface area (Å²) in [5, 5.41) is 13.4. The largest absolute Gasteiger partial charge is 0.481 e. The molecule has 2 aromatic rings. The molecule has 0 spiro atoms. The van der Waals surface area contributed by atoms with E-state index in [1.54, 1.807) is 12.4 Å². The van der Waals surface area contributed by atoms with Crippen molar-refractivity contribution in [3.63, 3.8) is 0 Å². The zero-order valence-corrected chi connectivity index (χ0v) is 10.5. The molecule has 1 heterocycles. The average Bonchev–Trinajstić information content (AvgIpc) is 2.36. The van der Waals surface area contributed by atoms with Gasteiger partial charge in [-0.15, -0.1) is 0 Å². The lowest BCUT2D eigenvalue weighted by molar-refractivity contribution is -0.137. The Morgan fingerprint density at radius 3 is 2.74 bits per heavy atom. The van der Waals surface area contributed by atoms with Crippen LogP contribution in [0.25, 0.3) is 10.8 Å². The summed E-state index contributed by atoms with van der Waals surface area (Å²) >= 11 is 0. The lowest BCUT2D eigenvalue weighted by Crippen LogP contribution is -2.28. The maximum Gasteiger partial charge on any atom is 0.305 e. The van der Waals surface area contributed by atoms with E-state index in [1.807, 2.05) is 24.3 Å². The van der Waals surface area contributed by atoms with Crippen molar-refractivity contribution in [1.82, 2.24) is 10.3 Å². The van der Waals surface area contributed by atoms with Crippen LogP contribution in [0, 0.1) is 0 Å². The Morgan fingerprint density at radius 1 is 1.32 bits per heavy atom. The number of benzene rings is 1. The van der Waals surface area contributed by atoms with Gasteiger partial charge in [0.05, 0.1) is 12.5 Å². The van der Waals surface area contributed by atoms with Crippen molar-refractivity contribution in [1.29, 1.82) is 0 Å². The highest BCUT2D eigenvalue weighted by molar-refractivity contribution is 5.86. The van der Waals surface area contributed by atoms with Crippen LogP contribution in [-0.4, -0.2) is 22.0 Å². The number of carbonyl (C=O) groups excluding carboxylic acids is 1. The van der Waals surface area contributed by atoms with E-state index >= 15 is 0 Å². The lowest BCUT2D eigenvalue weighted by atomic mass is 9.99. The maximum absolute atomic E-state index is 11.2. The summed E-state index contributed by atoms with van der Waals surface area (Å²) in [4.78, 5) is 26.3. The van der Waals surface area contributed by atoms with E-state index in [0.29, 0.717) is 0 Å². The molecule has 0 fully saturated rings. The van der Waals surface area contributed by atoms with Crippen LogP contribution in [0.5, 0.6) is 0 Å². The van der Waals surface area contributed by atoms with E-state index in [-0.39, 0.29) is 12.3 Å². The van der Waals surface area contributed by atoms with Gasteiger partial charge in [-0.3, -0.25) is 14.6 Å². The van der Waals surface area contributed by atoms with Gasteiger partial charge in [0.2, 0.25) is 5.91 Å². The molecule has 1 amide bonds. The fourth-order valence-corrected chi connectivity index (χ4v) is 2.08. The normalized spacial score (nSPS) is 12.1. The number of hydrogen-bond acceptors (Lipinski definition) is 3. The van der Waals surface area contributed by atoms with Crippen molar-refractivity contribution in [2.75, 3.05) is 0 Å². The Kier molecular flexibility index (Phi) is 3.75. The highest BCUT2D eigenvalue weighted by Crippen LogP contribution is 2.25. The summed E-state index contributed by atoms with van der Waals surface area (Å²) < 4.78 is 0. The van der Waals surface area contributed by atoms with Crippen molar-refractivity contribution in [2.45, 2.75) is 19.4 Å². The number of carbonyl (C=O) groups is 2. The van der Waals surface area contributed by atoms with E-state index in [9.17, 15) is 9.59 Å². The Labute approximate surface area is 110 Å². The molecule has 0 aliphatic rings. The second kappa shape index (κ2) is 5.48. The average molecular weight is 258 g/mol. The summed E-state index contributed by atoms with van der Waals surface area (Å²) in [6, 6.07) is 6.98. The van der Waals surface area contributed by atoms with Gasteiger partial charge >= 0.3 is 5.97 Å². The predicted molar refractivity (Wildman–Crippen MR) is 70.6 cm³/mol. The number of rotatable bonds is 4. The molecule has 2 N–H and O–H groups in total. The second-order valence-electron chi connectivity index (χ2n) is 4.30. The van der Waals surface area contributed by atoms with Gasteiger partial charge in [0.1, 0.15) is 0 Å². The number of aromatic nitrogens is 1. The van der Waals surface area contributed by atoms with Crippen molar-refractivity contribution >= 4 is 22.6 Å². The van der Waals surface area contributed by atoms with Crippen LogP contribution < -0.4 is 5.32 Å². The van der Waals surface area contributed by atoms with Crippen LogP contribution in [0.2, 0.25) is 0 Å². The number of hydrogen-bond donors (Lipinski definition) is 2. The number of aliphatic carboxylic acids is 1. The second-order valence-corrected chi connectivity index (χ2v) is 4.30. The van der Waals surface area contributed by atoms with Crippen molar-refractivity contribution in [3.05, 3.63) is 42.2 Å². The highest BCUT2D eigenvalue weighted by Gasteiger charge is 2.19. The zero-order chi connectivity index (χ0) is 13.8. The summed E-state index contributed by atoms with van der Waals surface area (Å²) in [6.45, 7) is 1.37. The molecular weight excluding hydrogens is 244 g/mol. The fraction of sp³-hybridized carbons (Fsp3) is 0.214. The van der Waals surface area contributed by atoms with Crippen LogP contribution in [0.4, 0.5) is 0 Å². The van der Waals surface area contributed by atoms with Crippen LogP contribution in [0.15, 0.2) is 36.7 Å². The molecule has 2 rings (SSSR count). The van der Waals surface area contributed by atoms with Crippen LogP contribution in [-0.2, 0) is 9.59 Å². The smallest absolute Gasteiger partial charge is 0.305 e. The molecule has 0 radical (unpaired) electrons. The first-order chi connectivity index (χ1) is 9.08. The summed E-state index contributed by atoms with van der Waals surface area (Å²) in [7, 11) is 0. The number of carboxylic acids is 1. The molecule has 0 aliphatic heterocycles. The summed E-state index contributed by atoms with van der Waals surface area (Å²) in [6.07, 6.45) is 3.14. The molecule has 5 nitrogen and oxygen atoms in total. The Hall–Kier alpha value is -2.43. The fourth-order valence-electron chi connectivity index (χ4n) is 2.08. The Morgan fingerprint density at radius 2 is 2.05 bits per heavy atom. The van der Waals surface area contributed by atoms with Crippen molar-refractivity contribution in [2.24, 2.45) is 0 Å². The predicted octanol–water partition coefficient (Wildman–Crippen LogP) is 1.89. The third kappa shape index (κ3) is 3.07. The SMILES string of the molecule is CC(=O)N[C@H](CC(=O)O)c1cncc2ccccc12. The minimum atomic E-state index is -0.966.